The summed E-state index contributed by atoms with van der Waals surface area (Å²) in [6, 6.07) is 5.75. The van der Waals surface area contributed by atoms with Crippen molar-refractivity contribution in [3.8, 4) is 0 Å². The molecule has 9 heteroatoms. The number of anilines is 1. The molecule has 2 aliphatic rings. The Kier molecular flexibility index (Phi) is 4.27. The molecule has 1 amide bonds. The minimum absolute atomic E-state index is 0.110. The quantitative estimate of drug-likeness (QED) is 0.668. The van der Waals surface area contributed by atoms with E-state index in [1.54, 1.807) is 11.1 Å². The van der Waals surface area contributed by atoms with E-state index in [1.165, 1.54) is 0 Å². The van der Waals surface area contributed by atoms with Gasteiger partial charge in [0.15, 0.2) is 0 Å². The molecule has 1 fully saturated rings. The standard InChI is InChI=1S/C20H24N6O3/c1-14-9-16(22-28-14)12-24-7-4-20(5-8-24)11-19(27)25(18-3-6-21-26(18)20)13-17-10-15(2)29-23-17/h3,6,9-10H,4-5,7-8,11-13H2,1-2H3. The highest BCUT2D eigenvalue weighted by Crippen LogP contribution is 2.41. The van der Waals surface area contributed by atoms with Gasteiger partial charge in [0.2, 0.25) is 5.91 Å². The molecule has 5 rings (SSSR count). The average molecular weight is 396 g/mol. The number of fused-ring (bicyclic) bond motifs is 2. The Hall–Kier alpha value is -2.94. The fourth-order valence-electron chi connectivity index (χ4n) is 4.51. The molecule has 1 spiro atoms. The van der Waals surface area contributed by atoms with Gasteiger partial charge in [-0.1, -0.05) is 10.3 Å². The van der Waals surface area contributed by atoms with Crippen LogP contribution in [0.2, 0.25) is 0 Å². The third kappa shape index (κ3) is 3.25. The summed E-state index contributed by atoms with van der Waals surface area (Å²) in [7, 11) is 0. The molecule has 2 aliphatic heterocycles. The van der Waals surface area contributed by atoms with Gasteiger partial charge in [-0.25, -0.2) is 4.68 Å². The average Bonchev–Trinajstić information content (AvgIpc) is 3.43. The van der Waals surface area contributed by atoms with Gasteiger partial charge in [0.05, 0.1) is 30.4 Å². The van der Waals surface area contributed by atoms with E-state index in [2.05, 4.69) is 25.0 Å². The van der Waals surface area contributed by atoms with Crippen molar-refractivity contribution in [2.24, 2.45) is 0 Å². The van der Waals surface area contributed by atoms with Gasteiger partial charge in [0.25, 0.3) is 0 Å². The van der Waals surface area contributed by atoms with Gasteiger partial charge in [-0.05, 0) is 26.7 Å². The summed E-state index contributed by atoms with van der Waals surface area (Å²) in [4.78, 5) is 17.2. The van der Waals surface area contributed by atoms with E-state index in [0.29, 0.717) is 13.0 Å². The second-order valence-electron chi connectivity index (χ2n) is 8.12. The third-order valence-corrected chi connectivity index (χ3v) is 5.98. The summed E-state index contributed by atoms with van der Waals surface area (Å²) in [5, 5.41) is 12.7. The first-order valence-corrected chi connectivity index (χ1v) is 9.94. The molecule has 29 heavy (non-hydrogen) atoms. The first kappa shape index (κ1) is 18.1. The maximum atomic E-state index is 13.1. The topological polar surface area (TPSA) is 93.4 Å². The number of aryl methyl sites for hydroxylation is 2. The van der Waals surface area contributed by atoms with Crippen molar-refractivity contribution in [3.05, 3.63) is 47.3 Å². The molecule has 0 atom stereocenters. The van der Waals surface area contributed by atoms with Crippen LogP contribution in [-0.2, 0) is 23.4 Å². The number of likely N-dealkylation sites (tertiary alicyclic amines) is 1. The Morgan fingerprint density at radius 3 is 2.31 bits per heavy atom. The Labute approximate surface area is 168 Å². The van der Waals surface area contributed by atoms with Crippen LogP contribution in [-0.4, -0.2) is 44.0 Å². The summed E-state index contributed by atoms with van der Waals surface area (Å²) < 4.78 is 12.4. The maximum absolute atomic E-state index is 13.1. The molecular formula is C20H24N6O3. The molecule has 152 valence electrons. The molecule has 0 bridgehead atoms. The van der Waals surface area contributed by atoms with Crippen LogP contribution in [0.3, 0.4) is 0 Å². The smallest absolute Gasteiger partial charge is 0.230 e. The number of piperidine rings is 1. The van der Waals surface area contributed by atoms with E-state index in [9.17, 15) is 4.79 Å². The fourth-order valence-corrected chi connectivity index (χ4v) is 4.51. The zero-order valence-electron chi connectivity index (χ0n) is 16.7. The molecule has 3 aromatic rings. The van der Waals surface area contributed by atoms with Crippen LogP contribution in [0, 0.1) is 13.8 Å². The summed E-state index contributed by atoms with van der Waals surface area (Å²) >= 11 is 0. The molecule has 0 saturated carbocycles. The number of aromatic nitrogens is 4. The van der Waals surface area contributed by atoms with Crippen LogP contribution >= 0.6 is 0 Å². The lowest BCUT2D eigenvalue weighted by Gasteiger charge is -2.46. The van der Waals surface area contributed by atoms with Gasteiger partial charge in [-0.2, -0.15) is 5.10 Å². The lowest BCUT2D eigenvalue weighted by molar-refractivity contribution is -0.123. The fraction of sp³-hybridized carbons (Fsp3) is 0.500. The van der Waals surface area contributed by atoms with Crippen LogP contribution in [0.5, 0.6) is 0 Å². The second-order valence-corrected chi connectivity index (χ2v) is 8.12. The zero-order valence-corrected chi connectivity index (χ0v) is 16.7. The van der Waals surface area contributed by atoms with Crippen molar-refractivity contribution in [1.29, 1.82) is 0 Å². The molecule has 5 heterocycles. The van der Waals surface area contributed by atoms with Crippen LogP contribution < -0.4 is 4.90 Å². The first-order valence-electron chi connectivity index (χ1n) is 9.94. The van der Waals surface area contributed by atoms with Crippen molar-refractivity contribution in [2.75, 3.05) is 18.0 Å². The highest BCUT2D eigenvalue weighted by Gasteiger charge is 2.45. The maximum Gasteiger partial charge on any atom is 0.230 e. The van der Waals surface area contributed by atoms with Crippen molar-refractivity contribution >= 4 is 11.7 Å². The van der Waals surface area contributed by atoms with Crippen LogP contribution in [0.1, 0.15) is 42.2 Å². The minimum Gasteiger partial charge on any atom is -0.361 e. The zero-order chi connectivity index (χ0) is 20.0. The van der Waals surface area contributed by atoms with Gasteiger partial charge >= 0.3 is 0 Å². The van der Waals surface area contributed by atoms with Crippen molar-refractivity contribution in [3.63, 3.8) is 0 Å². The van der Waals surface area contributed by atoms with E-state index in [4.69, 9.17) is 9.05 Å². The monoisotopic (exact) mass is 396 g/mol. The van der Waals surface area contributed by atoms with Crippen molar-refractivity contribution in [2.45, 2.75) is 51.7 Å². The lowest BCUT2D eigenvalue weighted by atomic mass is 9.82. The molecule has 0 aromatic carbocycles. The summed E-state index contributed by atoms with van der Waals surface area (Å²) in [5.74, 6) is 2.51. The predicted molar refractivity (Wildman–Crippen MR) is 103 cm³/mol. The number of hydrogen-bond donors (Lipinski definition) is 0. The number of rotatable bonds is 4. The SMILES string of the molecule is Cc1cc(CN2CCC3(CC2)CC(=O)N(Cc2cc(C)on2)c2ccnn23)no1. The summed E-state index contributed by atoms with van der Waals surface area (Å²) in [5.41, 5.74) is 1.44. The van der Waals surface area contributed by atoms with E-state index >= 15 is 0 Å². The molecule has 0 unspecified atom stereocenters. The first-order chi connectivity index (χ1) is 14.0. The molecule has 1 saturated heterocycles. The summed E-state index contributed by atoms with van der Waals surface area (Å²) in [6.45, 7) is 6.70. The number of carbonyl (C=O) groups is 1. The Morgan fingerprint density at radius 2 is 1.69 bits per heavy atom. The van der Waals surface area contributed by atoms with Crippen molar-refractivity contribution < 1.29 is 13.8 Å². The van der Waals surface area contributed by atoms with E-state index in [0.717, 1.165) is 61.2 Å². The van der Waals surface area contributed by atoms with Gasteiger partial charge in [0, 0.05) is 37.8 Å². The Morgan fingerprint density at radius 1 is 1.03 bits per heavy atom. The lowest BCUT2D eigenvalue weighted by Crippen LogP contribution is -2.53. The molecular weight excluding hydrogens is 372 g/mol. The number of hydrogen-bond acceptors (Lipinski definition) is 7. The Bertz CT molecular complexity index is 1030. The van der Waals surface area contributed by atoms with Crippen molar-refractivity contribution in [1.82, 2.24) is 25.0 Å². The normalized spacial score (nSPS) is 19.1. The number of amides is 1. The van der Waals surface area contributed by atoms with Crippen LogP contribution in [0.4, 0.5) is 5.82 Å². The molecule has 0 aliphatic carbocycles. The predicted octanol–water partition coefficient (Wildman–Crippen LogP) is 2.40. The van der Waals surface area contributed by atoms with E-state index in [-0.39, 0.29) is 11.4 Å². The van der Waals surface area contributed by atoms with Gasteiger partial charge in [0.1, 0.15) is 23.0 Å². The molecule has 0 radical (unpaired) electrons. The Balaban J connectivity index is 1.33. The van der Waals surface area contributed by atoms with Gasteiger partial charge in [-0.3, -0.25) is 14.6 Å². The van der Waals surface area contributed by atoms with Gasteiger partial charge < -0.3 is 9.05 Å². The largest absolute Gasteiger partial charge is 0.361 e. The second kappa shape index (κ2) is 6.84. The highest BCUT2D eigenvalue weighted by molar-refractivity contribution is 5.94. The summed E-state index contributed by atoms with van der Waals surface area (Å²) in [6.07, 6.45) is 3.99. The number of carbonyl (C=O) groups excluding carboxylic acids is 1. The molecule has 0 N–H and O–H groups in total. The molecule has 9 nitrogen and oxygen atoms in total. The molecule has 3 aromatic heterocycles. The minimum atomic E-state index is -0.262. The van der Waals surface area contributed by atoms with Crippen LogP contribution in [0.15, 0.2) is 33.4 Å². The highest BCUT2D eigenvalue weighted by atomic mass is 16.5. The van der Waals surface area contributed by atoms with Crippen LogP contribution in [0.25, 0.3) is 0 Å². The van der Waals surface area contributed by atoms with E-state index in [1.807, 2.05) is 32.0 Å². The number of nitrogens with zero attached hydrogens (tertiary/aromatic N) is 6. The van der Waals surface area contributed by atoms with E-state index < -0.39 is 0 Å². The third-order valence-electron chi connectivity index (χ3n) is 5.98. The van der Waals surface area contributed by atoms with Gasteiger partial charge in [-0.15, -0.1) is 0 Å².